The Morgan fingerprint density at radius 1 is 1.15 bits per heavy atom. The number of anilines is 3. The van der Waals surface area contributed by atoms with Gasteiger partial charge >= 0.3 is 0 Å². The minimum Gasteiger partial charge on any atom is -0.367 e. The Bertz CT molecular complexity index is 527. The maximum absolute atomic E-state index is 4.39. The predicted octanol–water partition coefficient (Wildman–Crippen LogP) is 3.85. The molecule has 2 aromatic rings. The van der Waals surface area contributed by atoms with E-state index >= 15 is 0 Å². The van der Waals surface area contributed by atoms with Gasteiger partial charge in [0.1, 0.15) is 18.0 Å². The van der Waals surface area contributed by atoms with Gasteiger partial charge in [-0.25, -0.2) is 9.97 Å². The summed E-state index contributed by atoms with van der Waals surface area (Å²) in [4.78, 5) is 10.9. The topological polar surface area (TPSA) is 41.0 Å². The molecule has 1 unspecified atom stereocenters. The summed E-state index contributed by atoms with van der Waals surface area (Å²) in [7, 11) is 0. The minimum absolute atomic E-state index is 0.407. The van der Waals surface area contributed by atoms with E-state index in [4.69, 9.17) is 0 Å². The summed E-state index contributed by atoms with van der Waals surface area (Å²) in [5.41, 5.74) is 1.14. The molecule has 1 N–H and O–H groups in total. The van der Waals surface area contributed by atoms with Crippen LogP contribution in [-0.4, -0.2) is 22.6 Å². The summed E-state index contributed by atoms with van der Waals surface area (Å²) in [5, 5.41) is 3.38. The number of nitrogens with one attached hydrogen (secondary N) is 1. The second-order valence-corrected chi connectivity index (χ2v) is 4.79. The van der Waals surface area contributed by atoms with Crippen LogP contribution in [0.3, 0.4) is 0 Å². The van der Waals surface area contributed by atoms with Crippen LogP contribution in [0.25, 0.3) is 0 Å². The second kappa shape index (κ2) is 6.89. The zero-order valence-corrected chi connectivity index (χ0v) is 12.4. The van der Waals surface area contributed by atoms with Crippen molar-refractivity contribution in [2.24, 2.45) is 0 Å². The Morgan fingerprint density at radius 2 is 1.90 bits per heavy atom. The van der Waals surface area contributed by atoms with Crippen LogP contribution in [0.4, 0.5) is 17.3 Å². The molecule has 4 nitrogen and oxygen atoms in total. The van der Waals surface area contributed by atoms with Crippen molar-refractivity contribution in [3.05, 3.63) is 42.7 Å². The number of rotatable bonds is 6. The lowest BCUT2D eigenvalue weighted by Gasteiger charge is -2.22. The van der Waals surface area contributed by atoms with Crippen LogP contribution in [0, 0.1) is 0 Å². The summed E-state index contributed by atoms with van der Waals surface area (Å²) in [6, 6.07) is 12.7. The van der Waals surface area contributed by atoms with Crippen LogP contribution >= 0.6 is 0 Å². The fraction of sp³-hybridized carbons (Fsp3) is 0.375. The molecule has 2 rings (SSSR count). The first-order chi connectivity index (χ1) is 9.74. The smallest absolute Gasteiger partial charge is 0.138 e. The average Bonchev–Trinajstić information content (AvgIpc) is 2.49. The van der Waals surface area contributed by atoms with E-state index in [2.05, 4.69) is 53.1 Å². The van der Waals surface area contributed by atoms with E-state index in [1.165, 1.54) is 0 Å². The first-order valence-corrected chi connectivity index (χ1v) is 7.15. The summed E-state index contributed by atoms with van der Waals surface area (Å²) in [6.45, 7) is 7.29. The number of para-hydroxylation sites is 1. The van der Waals surface area contributed by atoms with Crippen LogP contribution in [0.2, 0.25) is 0 Å². The van der Waals surface area contributed by atoms with E-state index in [0.29, 0.717) is 6.04 Å². The molecule has 0 spiro atoms. The lowest BCUT2D eigenvalue weighted by atomic mass is 10.2. The first-order valence-electron chi connectivity index (χ1n) is 7.15. The summed E-state index contributed by atoms with van der Waals surface area (Å²) in [5.74, 6) is 1.79. The molecule has 0 aliphatic carbocycles. The zero-order valence-electron chi connectivity index (χ0n) is 12.4. The molecule has 106 valence electrons. The maximum Gasteiger partial charge on any atom is 0.138 e. The van der Waals surface area contributed by atoms with Crippen molar-refractivity contribution in [1.29, 1.82) is 0 Å². The fourth-order valence-electron chi connectivity index (χ4n) is 2.01. The van der Waals surface area contributed by atoms with Gasteiger partial charge in [-0.2, -0.15) is 0 Å². The van der Waals surface area contributed by atoms with E-state index in [1.807, 2.05) is 24.3 Å². The number of hydrogen-bond acceptors (Lipinski definition) is 4. The molecule has 4 heteroatoms. The third-order valence-corrected chi connectivity index (χ3v) is 3.32. The molecule has 0 bridgehead atoms. The Labute approximate surface area is 120 Å². The highest BCUT2D eigenvalue weighted by Crippen LogP contribution is 2.24. The zero-order chi connectivity index (χ0) is 14.4. The molecule has 0 aliphatic heterocycles. The average molecular weight is 270 g/mol. The van der Waals surface area contributed by atoms with E-state index < -0.39 is 0 Å². The van der Waals surface area contributed by atoms with Crippen molar-refractivity contribution in [3.63, 3.8) is 0 Å². The third kappa shape index (κ3) is 3.47. The number of benzene rings is 1. The van der Waals surface area contributed by atoms with Gasteiger partial charge in [0.15, 0.2) is 0 Å². The van der Waals surface area contributed by atoms with Crippen LogP contribution in [0.15, 0.2) is 42.7 Å². The van der Waals surface area contributed by atoms with Gasteiger partial charge in [-0.1, -0.05) is 25.1 Å². The van der Waals surface area contributed by atoms with Crippen LogP contribution in [-0.2, 0) is 0 Å². The lowest BCUT2D eigenvalue weighted by molar-refractivity contribution is 0.758. The molecule has 0 amide bonds. The molecule has 20 heavy (non-hydrogen) atoms. The van der Waals surface area contributed by atoms with Crippen molar-refractivity contribution < 1.29 is 0 Å². The van der Waals surface area contributed by atoms with Gasteiger partial charge in [0.25, 0.3) is 0 Å². The Hall–Kier alpha value is -2.10. The van der Waals surface area contributed by atoms with Gasteiger partial charge in [0, 0.05) is 24.3 Å². The Balaban J connectivity index is 2.24. The van der Waals surface area contributed by atoms with Gasteiger partial charge in [-0.05, 0) is 32.4 Å². The monoisotopic (exact) mass is 270 g/mol. The van der Waals surface area contributed by atoms with Crippen molar-refractivity contribution in [2.45, 2.75) is 33.2 Å². The van der Waals surface area contributed by atoms with E-state index in [1.54, 1.807) is 6.33 Å². The normalized spacial score (nSPS) is 11.9. The lowest BCUT2D eigenvalue weighted by Crippen LogP contribution is -2.19. The van der Waals surface area contributed by atoms with Crippen LogP contribution in [0.1, 0.15) is 27.2 Å². The molecule has 0 radical (unpaired) electrons. The van der Waals surface area contributed by atoms with E-state index in [9.17, 15) is 0 Å². The van der Waals surface area contributed by atoms with Crippen molar-refractivity contribution in [1.82, 2.24) is 9.97 Å². The quantitative estimate of drug-likeness (QED) is 0.865. The third-order valence-electron chi connectivity index (χ3n) is 3.32. The highest BCUT2D eigenvalue weighted by Gasteiger charge is 2.10. The Kier molecular flexibility index (Phi) is 4.93. The first kappa shape index (κ1) is 14.3. The largest absolute Gasteiger partial charge is 0.367 e. The molecule has 1 heterocycles. The number of hydrogen-bond donors (Lipinski definition) is 1. The predicted molar refractivity (Wildman–Crippen MR) is 84.5 cm³/mol. The molecule has 1 aromatic heterocycles. The molecular formula is C16H22N4. The van der Waals surface area contributed by atoms with E-state index in [0.717, 1.165) is 30.3 Å². The van der Waals surface area contributed by atoms with Gasteiger partial charge in [0.05, 0.1) is 0 Å². The van der Waals surface area contributed by atoms with Crippen LogP contribution < -0.4 is 10.2 Å². The van der Waals surface area contributed by atoms with Crippen molar-refractivity contribution >= 4 is 17.3 Å². The minimum atomic E-state index is 0.407. The summed E-state index contributed by atoms with van der Waals surface area (Å²) in [6.07, 6.45) is 2.68. The van der Waals surface area contributed by atoms with Gasteiger partial charge in [0.2, 0.25) is 0 Å². The summed E-state index contributed by atoms with van der Waals surface area (Å²) < 4.78 is 0. The molecule has 1 aromatic carbocycles. The molecule has 0 saturated heterocycles. The van der Waals surface area contributed by atoms with Crippen molar-refractivity contribution in [2.75, 3.05) is 16.8 Å². The van der Waals surface area contributed by atoms with E-state index in [-0.39, 0.29) is 0 Å². The number of aromatic nitrogens is 2. The molecule has 1 atom stereocenters. The molecule has 0 fully saturated rings. The van der Waals surface area contributed by atoms with Crippen molar-refractivity contribution in [3.8, 4) is 0 Å². The fourth-order valence-corrected chi connectivity index (χ4v) is 2.01. The standard InChI is InChI=1S/C16H22N4/c1-4-13(3)19-15-11-16(18-12-17-15)20(5-2)14-9-7-6-8-10-14/h6-13H,4-5H2,1-3H3,(H,17,18,19). The van der Waals surface area contributed by atoms with Crippen LogP contribution in [0.5, 0.6) is 0 Å². The Morgan fingerprint density at radius 3 is 2.55 bits per heavy atom. The summed E-state index contributed by atoms with van der Waals surface area (Å²) >= 11 is 0. The van der Waals surface area contributed by atoms with Gasteiger partial charge in [-0.15, -0.1) is 0 Å². The molecular weight excluding hydrogens is 248 g/mol. The van der Waals surface area contributed by atoms with Gasteiger partial charge in [-0.3, -0.25) is 0 Å². The van der Waals surface area contributed by atoms with Gasteiger partial charge < -0.3 is 10.2 Å². The maximum atomic E-state index is 4.39. The molecule has 0 aliphatic rings. The number of nitrogens with zero attached hydrogens (tertiary/aromatic N) is 3. The highest BCUT2D eigenvalue weighted by atomic mass is 15.2. The second-order valence-electron chi connectivity index (χ2n) is 4.79. The molecule has 0 saturated carbocycles. The highest BCUT2D eigenvalue weighted by molar-refractivity contribution is 5.62. The SMILES string of the molecule is CCC(C)Nc1cc(N(CC)c2ccccc2)ncn1.